The van der Waals surface area contributed by atoms with Crippen molar-refractivity contribution in [1.29, 1.82) is 0 Å². The fourth-order valence-electron chi connectivity index (χ4n) is 6.93. The van der Waals surface area contributed by atoms with Crippen molar-refractivity contribution < 1.29 is 10.2 Å². The Hall–Kier alpha value is -5.74. The first-order valence-electron chi connectivity index (χ1n) is 14.1. The summed E-state index contributed by atoms with van der Waals surface area (Å²) < 4.78 is 0. The van der Waals surface area contributed by atoms with Crippen LogP contribution in [-0.2, 0) is 0 Å². The molecule has 198 valence electrons. The van der Waals surface area contributed by atoms with E-state index in [1.165, 1.54) is 0 Å². The van der Waals surface area contributed by atoms with Gasteiger partial charge in [-0.05, 0) is 69.1 Å². The lowest BCUT2D eigenvalue weighted by atomic mass is 9.87. The summed E-state index contributed by atoms with van der Waals surface area (Å²) in [6, 6.07) is 40.8. The Morgan fingerprint density at radius 2 is 0.833 bits per heavy atom. The highest BCUT2D eigenvalue weighted by atomic mass is 16.3. The molecule has 0 fully saturated rings. The Balaban J connectivity index is 1.62. The SMILES string of the molecule is Oc1ccc2[nH]c3c(-c4cccc5ccccc45)c4c([nH]c5ccc(O)cc54)c(-c4cccc5ccccc45)c3c2c1. The summed E-state index contributed by atoms with van der Waals surface area (Å²) >= 11 is 0. The van der Waals surface area contributed by atoms with Crippen LogP contribution in [0.5, 0.6) is 11.5 Å². The molecule has 0 aliphatic heterocycles. The van der Waals surface area contributed by atoms with E-state index in [1.807, 2.05) is 24.3 Å². The van der Waals surface area contributed by atoms with E-state index in [0.29, 0.717) is 0 Å². The van der Waals surface area contributed by atoms with E-state index in [1.54, 1.807) is 12.1 Å². The van der Waals surface area contributed by atoms with Crippen molar-refractivity contribution in [3.63, 3.8) is 0 Å². The van der Waals surface area contributed by atoms with E-state index < -0.39 is 0 Å². The summed E-state index contributed by atoms with van der Waals surface area (Å²) in [5, 5.41) is 30.0. The number of rotatable bonds is 2. The lowest BCUT2D eigenvalue weighted by molar-refractivity contribution is 0.475. The number of hydrogen-bond donors (Lipinski definition) is 4. The molecule has 4 N–H and O–H groups in total. The molecule has 0 unspecified atom stereocenters. The van der Waals surface area contributed by atoms with E-state index in [0.717, 1.165) is 87.4 Å². The van der Waals surface area contributed by atoms with Crippen molar-refractivity contribution in [2.24, 2.45) is 0 Å². The number of aromatic amines is 2. The molecule has 0 spiro atoms. The van der Waals surface area contributed by atoms with Gasteiger partial charge in [-0.15, -0.1) is 0 Å². The number of H-pyrrole nitrogens is 2. The van der Waals surface area contributed by atoms with Gasteiger partial charge in [-0.1, -0.05) is 84.9 Å². The molecular weight excluding hydrogens is 516 g/mol. The minimum atomic E-state index is 0.223. The molecule has 0 saturated carbocycles. The fraction of sp³-hybridized carbons (Fsp3) is 0. The van der Waals surface area contributed by atoms with Crippen LogP contribution in [0, 0.1) is 0 Å². The van der Waals surface area contributed by atoms with E-state index in [-0.39, 0.29) is 11.5 Å². The van der Waals surface area contributed by atoms with Crippen LogP contribution in [-0.4, -0.2) is 20.2 Å². The number of aromatic nitrogens is 2. The van der Waals surface area contributed by atoms with Crippen molar-refractivity contribution in [2.45, 2.75) is 0 Å². The molecule has 9 rings (SSSR count). The predicted octanol–water partition coefficient (Wildman–Crippen LogP) is 10.0. The van der Waals surface area contributed by atoms with Crippen LogP contribution >= 0.6 is 0 Å². The van der Waals surface area contributed by atoms with Gasteiger partial charge in [0.15, 0.2) is 0 Å². The molecule has 0 saturated heterocycles. The summed E-state index contributed by atoms with van der Waals surface area (Å²) in [6.07, 6.45) is 0. The number of nitrogens with one attached hydrogen (secondary N) is 2. The zero-order valence-corrected chi connectivity index (χ0v) is 22.4. The van der Waals surface area contributed by atoms with Crippen molar-refractivity contribution >= 4 is 65.2 Å². The van der Waals surface area contributed by atoms with Crippen molar-refractivity contribution in [3.05, 3.63) is 121 Å². The number of phenolic OH excluding ortho intramolecular Hbond substituents is 2. The van der Waals surface area contributed by atoms with Gasteiger partial charge in [0.05, 0.1) is 11.0 Å². The molecule has 0 aliphatic carbocycles. The average Bonchev–Trinajstić information content (AvgIpc) is 3.58. The molecule has 4 nitrogen and oxygen atoms in total. The quantitative estimate of drug-likeness (QED) is 0.176. The topological polar surface area (TPSA) is 72.0 Å². The molecule has 0 bridgehead atoms. The van der Waals surface area contributed by atoms with Crippen molar-refractivity contribution in [3.8, 4) is 33.8 Å². The molecule has 42 heavy (non-hydrogen) atoms. The first-order chi connectivity index (χ1) is 20.7. The summed E-state index contributed by atoms with van der Waals surface area (Å²) in [7, 11) is 0. The lowest BCUT2D eigenvalue weighted by Crippen LogP contribution is -1.91. The molecule has 7 aromatic carbocycles. The Kier molecular flexibility index (Phi) is 4.59. The van der Waals surface area contributed by atoms with Crippen molar-refractivity contribution in [1.82, 2.24) is 9.97 Å². The molecule has 9 aromatic rings. The highest BCUT2D eigenvalue weighted by molar-refractivity contribution is 6.34. The zero-order valence-electron chi connectivity index (χ0n) is 22.4. The summed E-state index contributed by atoms with van der Waals surface area (Å²) in [6.45, 7) is 0. The van der Waals surface area contributed by atoms with Gasteiger partial charge in [0.25, 0.3) is 0 Å². The Bertz CT molecular complexity index is 2360. The number of hydrogen-bond acceptors (Lipinski definition) is 2. The smallest absolute Gasteiger partial charge is 0.116 e. The molecule has 0 radical (unpaired) electrons. The highest BCUT2D eigenvalue weighted by Crippen LogP contribution is 2.50. The number of benzene rings is 7. The zero-order chi connectivity index (χ0) is 27.9. The average molecular weight is 541 g/mol. The van der Waals surface area contributed by atoms with E-state index in [4.69, 9.17) is 0 Å². The maximum absolute atomic E-state index is 10.7. The predicted molar refractivity (Wildman–Crippen MR) is 174 cm³/mol. The summed E-state index contributed by atoms with van der Waals surface area (Å²) in [5.41, 5.74) is 8.22. The third-order valence-corrected chi connectivity index (χ3v) is 8.68. The second kappa shape index (κ2) is 8.38. The largest absolute Gasteiger partial charge is 0.508 e. The third kappa shape index (κ3) is 3.12. The van der Waals surface area contributed by atoms with E-state index >= 15 is 0 Å². The fourth-order valence-corrected chi connectivity index (χ4v) is 6.93. The van der Waals surface area contributed by atoms with Gasteiger partial charge in [-0.25, -0.2) is 0 Å². The van der Waals surface area contributed by atoms with Gasteiger partial charge in [0.1, 0.15) is 11.5 Å². The van der Waals surface area contributed by atoms with Gasteiger partial charge < -0.3 is 20.2 Å². The maximum atomic E-state index is 10.7. The molecule has 2 heterocycles. The first-order valence-corrected chi connectivity index (χ1v) is 14.1. The molecule has 0 aliphatic rings. The van der Waals surface area contributed by atoms with Gasteiger partial charge >= 0.3 is 0 Å². The Morgan fingerprint density at radius 3 is 1.31 bits per heavy atom. The standard InChI is InChI=1S/C38H24N2O2/c41-23-15-17-31-29(19-23)35-33(27-13-5-9-21-7-1-3-11-25(21)27)37-36(30-20-24(42)16-18-32(30)39-37)34(38(35)40-31)28-14-6-10-22-8-2-4-12-26(22)28/h1-20,39-42H. The normalized spacial score (nSPS) is 12.0. The first kappa shape index (κ1) is 23.0. The van der Waals surface area contributed by atoms with Gasteiger partial charge in [-0.2, -0.15) is 0 Å². The van der Waals surface area contributed by atoms with Crippen LogP contribution in [0.1, 0.15) is 0 Å². The Labute approximate surface area is 240 Å². The lowest BCUT2D eigenvalue weighted by Gasteiger charge is -2.16. The minimum absolute atomic E-state index is 0.223. The van der Waals surface area contributed by atoms with Crippen LogP contribution in [0.15, 0.2) is 121 Å². The van der Waals surface area contributed by atoms with Crippen LogP contribution in [0.25, 0.3) is 87.4 Å². The second-order valence-corrected chi connectivity index (χ2v) is 11.0. The Morgan fingerprint density at radius 1 is 0.405 bits per heavy atom. The summed E-state index contributed by atoms with van der Waals surface area (Å²) in [5.74, 6) is 0.446. The minimum Gasteiger partial charge on any atom is -0.508 e. The van der Waals surface area contributed by atoms with Crippen LogP contribution in [0.4, 0.5) is 0 Å². The molecule has 0 atom stereocenters. The van der Waals surface area contributed by atoms with Crippen LogP contribution in [0.2, 0.25) is 0 Å². The number of aromatic hydroxyl groups is 2. The highest BCUT2D eigenvalue weighted by Gasteiger charge is 2.25. The number of phenols is 2. The molecular formula is C38H24N2O2. The van der Waals surface area contributed by atoms with E-state index in [2.05, 4.69) is 94.9 Å². The molecule has 4 heteroatoms. The van der Waals surface area contributed by atoms with Crippen LogP contribution in [0.3, 0.4) is 0 Å². The monoisotopic (exact) mass is 540 g/mol. The molecule has 2 aromatic heterocycles. The van der Waals surface area contributed by atoms with Gasteiger partial charge in [0, 0.05) is 43.7 Å². The van der Waals surface area contributed by atoms with Gasteiger partial charge in [-0.3, -0.25) is 0 Å². The van der Waals surface area contributed by atoms with E-state index in [9.17, 15) is 10.2 Å². The number of fused-ring (bicyclic) bond motifs is 8. The third-order valence-electron chi connectivity index (χ3n) is 8.68. The second-order valence-electron chi connectivity index (χ2n) is 11.0. The molecule has 0 amide bonds. The summed E-state index contributed by atoms with van der Waals surface area (Å²) in [4.78, 5) is 7.54. The van der Waals surface area contributed by atoms with Crippen molar-refractivity contribution in [2.75, 3.05) is 0 Å². The maximum Gasteiger partial charge on any atom is 0.116 e. The van der Waals surface area contributed by atoms with Gasteiger partial charge in [0.2, 0.25) is 0 Å². The van der Waals surface area contributed by atoms with Crippen LogP contribution < -0.4 is 0 Å².